The number of alkyl halides is 1. The zero-order chi connectivity index (χ0) is 34.1. The van der Waals surface area contributed by atoms with Crippen LogP contribution in [0.25, 0.3) is 23.3 Å². The van der Waals surface area contributed by atoms with Gasteiger partial charge in [-0.05, 0) is 107 Å². The number of allylic oxidation sites excluding steroid dienone is 3. The predicted molar refractivity (Wildman–Crippen MR) is 222 cm³/mol. The fraction of sp³-hybridized carbons (Fsp3) is 0.106. The van der Waals surface area contributed by atoms with Crippen molar-refractivity contribution in [3.8, 4) is 11.1 Å². The molecule has 1 atom stereocenters. The minimum atomic E-state index is -0.133. The lowest BCUT2D eigenvalue weighted by Gasteiger charge is -2.28. The van der Waals surface area contributed by atoms with E-state index in [4.69, 9.17) is 0 Å². The van der Waals surface area contributed by atoms with E-state index in [1.807, 2.05) is 0 Å². The Morgan fingerprint density at radius 3 is 1.60 bits per heavy atom. The number of halogens is 1. The molecule has 0 bridgehead atoms. The van der Waals surface area contributed by atoms with Crippen LogP contribution in [0.2, 0.25) is 0 Å². The summed E-state index contributed by atoms with van der Waals surface area (Å²) < 4.78 is 0.544. The summed E-state index contributed by atoms with van der Waals surface area (Å²) in [6.07, 6.45) is 12.4. The fourth-order valence-corrected chi connectivity index (χ4v) is 7.75. The lowest BCUT2D eigenvalue weighted by Crippen LogP contribution is -2.17. The summed E-state index contributed by atoms with van der Waals surface area (Å²) in [5, 5.41) is 0. The Balaban J connectivity index is 1.06. The molecule has 0 N–H and O–H groups in total. The Bertz CT molecular complexity index is 2180. The van der Waals surface area contributed by atoms with Crippen LogP contribution < -0.4 is 9.80 Å². The summed E-state index contributed by atoms with van der Waals surface area (Å²) in [6, 6.07) is 54.7. The first kappa shape index (κ1) is 32.1. The fourth-order valence-electron chi connectivity index (χ4n) is 7.29. The highest BCUT2D eigenvalue weighted by atomic mass is 127. The van der Waals surface area contributed by atoms with E-state index in [1.165, 1.54) is 50.5 Å². The van der Waals surface area contributed by atoms with Gasteiger partial charge >= 0.3 is 0 Å². The van der Waals surface area contributed by atoms with Crippen molar-refractivity contribution in [2.24, 2.45) is 0 Å². The second-order valence-corrected chi connectivity index (χ2v) is 15.1. The summed E-state index contributed by atoms with van der Waals surface area (Å²) >= 11 is 2.50. The molecule has 6 aromatic rings. The van der Waals surface area contributed by atoms with Crippen molar-refractivity contribution >= 4 is 63.2 Å². The third-order valence-corrected chi connectivity index (χ3v) is 10.8. The number of nitrogens with zero attached hydrogens (tertiary/aromatic N) is 2. The first-order valence-electron chi connectivity index (χ1n) is 17.3. The van der Waals surface area contributed by atoms with Crippen molar-refractivity contribution in [3.63, 3.8) is 0 Å². The van der Waals surface area contributed by atoms with E-state index in [0.717, 1.165) is 23.5 Å². The number of hydrogen-bond acceptors (Lipinski definition) is 2. The average Bonchev–Trinajstić information content (AvgIpc) is 3.38. The molecule has 8 rings (SSSR count). The molecule has 0 aliphatic heterocycles. The van der Waals surface area contributed by atoms with Crippen molar-refractivity contribution in [2.75, 3.05) is 9.80 Å². The van der Waals surface area contributed by atoms with E-state index < -0.39 is 0 Å². The Labute approximate surface area is 309 Å². The molecule has 0 saturated heterocycles. The van der Waals surface area contributed by atoms with Gasteiger partial charge in [-0.2, -0.15) is 0 Å². The van der Waals surface area contributed by atoms with E-state index in [1.54, 1.807) is 0 Å². The summed E-state index contributed by atoms with van der Waals surface area (Å²) in [5.41, 5.74) is 14.6. The molecule has 50 heavy (non-hydrogen) atoms. The zero-order valence-electron chi connectivity index (χ0n) is 28.4. The van der Waals surface area contributed by atoms with Crippen molar-refractivity contribution in [1.29, 1.82) is 0 Å². The molecule has 1 unspecified atom stereocenters. The van der Waals surface area contributed by atoms with Crippen LogP contribution in [0.3, 0.4) is 0 Å². The molecule has 6 aromatic carbocycles. The average molecular weight is 759 g/mol. The predicted octanol–water partition coefficient (Wildman–Crippen LogP) is 13.4. The molecule has 0 saturated carbocycles. The van der Waals surface area contributed by atoms with Crippen molar-refractivity contribution in [1.82, 2.24) is 0 Å². The quantitative estimate of drug-likeness (QED) is 0.0866. The first-order chi connectivity index (χ1) is 24.5. The van der Waals surface area contributed by atoms with Gasteiger partial charge in [0.15, 0.2) is 0 Å². The highest BCUT2D eigenvalue weighted by Gasteiger charge is 2.36. The molecule has 0 amide bonds. The van der Waals surface area contributed by atoms with Gasteiger partial charge in [0.25, 0.3) is 0 Å². The third-order valence-electron chi connectivity index (χ3n) is 9.89. The van der Waals surface area contributed by atoms with E-state index in [0.29, 0.717) is 3.92 Å². The Morgan fingerprint density at radius 1 is 0.540 bits per heavy atom. The monoisotopic (exact) mass is 758 g/mol. The van der Waals surface area contributed by atoms with Gasteiger partial charge in [-0.3, -0.25) is 0 Å². The number of fused-ring (bicyclic) bond motifs is 3. The number of benzene rings is 6. The Kier molecular flexibility index (Phi) is 8.76. The molecular formula is C47H39IN2. The molecule has 2 aliphatic rings. The van der Waals surface area contributed by atoms with Crippen molar-refractivity contribution in [2.45, 2.75) is 29.6 Å². The molecule has 0 heterocycles. The molecule has 244 valence electrons. The summed E-state index contributed by atoms with van der Waals surface area (Å²) in [5.74, 6) is 0. The van der Waals surface area contributed by atoms with Gasteiger partial charge in [0, 0.05) is 43.5 Å². The van der Waals surface area contributed by atoms with Crippen LogP contribution in [0, 0.1) is 0 Å². The van der Waals surface area contributed by atoms with Crippen LogP contribution in [0.15, 0.2) is 176 Å². The summed E-state index contributed by atoms with van der Waals surface area (Å²) in [7, 11) is 0. The van der Waals surface area contributed by atoms with Crippen LogP contribution in [0.5, 0.6) is 0 Å². The van der Waals surface area contributed by atoms with E-state index in [-0.39, 0.29) is 5.41 Å². The number of para-hydroxylation sites is 3. The van der Waals surface area contributed by atoms with Gasteiger partial charge in [0.1, 0.15) is 0 Å². The molecular weight excluding hydrogens is 719 g/mol. The SMILES string of the molecule is CC1(C)c2cc(/C=C/c3ccc(N(C4=CCC(I)C=C4)c4ccccc4)cc3)ccc2-c2ccc(N(c3ccccc3)c3ccccc3)cc21. The molecule has 2 nitrogen and oxygen atoms in total. The maximum absolute atomic E-state index is 2.50. The van der Waals surface area contributed by atoms with Gasteiger partial charge in [-0.25, -0.2) is 0 Å². The van der Waals surface area contributed by atoms with Gasteiger partial charge < -0.3 is 9.80 Å². The van der Waals surface area contributed by atoms with Crippen LogP contribution in [0.4, 0.5) is 28.4 Å². The topological polar surface area (TPSA) is 6.48 Å². The smallest absolute Gasteiger partial charge is 0.0465 e. The van der Waals surface area contributed by atoms with E-state index in [9.17, 15) is 0 Å². The minimum absolute atomic E-state index is 0.133. The van der Waals surface area contributed by atoms with Gasteiger partial charge in [-0.15, -0.1) is 0 Å². The summed E-state index contributed by atoms with van der Waals surface area (Å²) in [6.45, 7) is 4.72. The lowest BCUT2D eigenvalue weighted by atomic mass is 9.81. The van der Waals surface area contributed by atoms with Crippen LogP contribution in [-0.4, -0.2) is 3.92 Å². The molecule has 0 radical (unpaired) electrons. The minimum Gasteiger partial charge on any atom is -0.311 e. The van der Waals surface area contributed by atoms with Gasteiger partial charge in [0.2, 0.25) is 0 Å². The Morgan fingerprint density at radius 2 is 1.02 bits per heavy atom. The highest BCUT2D eigenvalue weighted by molar-refractivity contribution is 14.1. The van der Waals surface area contributed by atoms with Crippen LogP contribution in [0.1, 0.15) is 42.5 Å². The first-order valence-corrected chi connectivity index (χ1v) is 18.6. The standard InChI is InChI=1S/C47H39IN2/c1-47(2)45-32-35(19-18-34-20-25-40(26-21-34)49(37-12-6-3-7-13-37)41-27-23-36(48)24-28-41)22-30-43(45)44-31-29-42(33-46(44)47)50(38-14-8-4-9-15-38)39-16-10-5-11-17-39/h3-23,25-33,36H,24H2,1-2H3/b19-18+. The van der Waals surface area contributed by atoms with Crippen LogP contribution in [-0.2, 0) is 5.41 Å². The van der Waals surface area contributed by atoms with Gasteiger partial charge in [-0.1, -0.05) is 152 Å². The highest BCUT2D eigenvalue weighted by Crippen LogP contribution is 2.51. The second-order valence-electron chi connectivity index (χ2n) is 13.5. The normalized spacial score (nSPS) is 15.7. The second kappa shape index (κ2) is 13.6. The lowest BCUT2D eigenvalue weighted by molar-refractivity contribution is 0.660. The third kappa shape index (κ3) is 6.23. The molecule has 0 spiro atoms. The maximum atomic E-state index is 2.50. The molecule has 3 heteroatoms. The molecule has 0 aromatic heterocycles. The Hall–Kier alpha value is -5.13. The van der Waals surface area contributed by atoms with E-state index in [2.05, 4.69) is 228 Å². The number of rotatable bonds is 8. The molecule has 2 aliphatic carbocycles. The van der Waals surface area contributed by atoms with Crippen molar-refractivity contribution < 1.29 is 0 Å². The van der Waals surface area contributed by atoms with Crippen LogP contribution >= 0.6 is 22.6 Å². The maximum Gasteiger partial charge on any atom is 0.0465 e. The summed E-state index contributed by atoms with van der Waals surface area (Å²) in [4.78, 5) is 4.69. The zero-order valence-corrected chi connectivity index (χ0v) is 30.5. The van der Waals surface area contributed by atoms with Crippen molar-refractivity contribution in [3.05, 3.63) is 198 Å². The van der Waals surface area contributed by atoms with Gasteiger partial charge in [0.05, 0.1) is 0 Å². The number of hydrogen-bond donors (Lipinski definition) is 0. The van der Waals surface area contributed by atoms with E-state index >= 15 is 0 Å². The molecule has 0 fully saturated rings. The largest absolute Gasteiger partial charge is 0.311 e. The number of anilines is 5.